The fourth-order valence-corrected chi connectivity index (χ4v) is 4.61. The van der Waals surface area contributed by atoms with Crippen LogP contribution in [0, 0.1) is 0 Å². The smallest absolute Gasteiger partial charge is 0.344 e. The first-order valence-electron chi connectivity index (χ1n) is 11.2. The summed E-state index contributed by atoms with van der Waals surface area (Å²) < 4.78 is 10.3. The molecule has 0 bridgehead atoms. The fraction of sp³-hybridized carbons (Fsp3) is 0.346. The molecule has 0 spiro atoms. The quantitative estimate of drug-likeness (QED) is 0.290. The molecule has 1 aliphatic carbocycles. The molecular formula is C26H28N2O3S. The highest BCUT2D eigenvalue weighted by atomic mass is 32.1. The average Bonchev–Trinajstić information content (AvgIpc) is 3.32. The van der Waals surface area contributed by atoms with Gasteiger partial charge >= 0.3 is 5.97 Å². The van der Waals surface area contributed by atoms with Crippen LogP contribution >= 0.6 is 11.3 Å². The van der Waals surface area contributed by atoms with Crippen LogP contribution in [-0.2, 0) is 9.53 Å². The van der Waals surface area contributed by atoms with Crippen LogP contribution in [0.4, 0.5) is 5.13 Å². The molecule has 0 radical (unpaired) electrons. The largest absolute Gasteiger partial charge is 0.482 e. The summed E-state index contributed by atoms with van der Waals surface area (Å²) in [6, 6.07) is 16.3. The summed E-state index contributed by atoms with van der Waals surface area (Å²) in [6.07, 6.45) is 8.49. The van der Waals surface area contributed by atoms with Crippen molar-refractivity contribution in [2.75, 3.05) is 13.2 Å². The van der Waals surface area contributed by atoms with E-state index in [-0.39, 0.29) is 12.6 Å². The molecule has 3 aromatic rings. The van der Waals surface area contributed by atoms with Gasteiger partial charge in [0.2, 0.25) is 5.13 Å². The van der Waals surface area contributed by atoms with Crippen molar-refractivity contribution >= 4 is 28.7 Å². The molecule has 0 aliphatic heterocycles. The summed E-state index contributed by atoms with van der Waals surface area (Å²) in [5, 5.41) is 2.77. The van der Waals surface area contributed by atoms with Gasteiger partial charge in [-0.2, -0.15) is 0 Å². The van der Waals surface area contributed by atoms with Gasteiger partial charge in [0, 0.05) is 17.2 Å². The summed E-state index contributed by atoms with van der Waals surface area (Å²) in [7, 11) is 0. The van der Waals surface area contributed by atoms with E-state index in [4.69, 9.17) is 9.47 Å². The van der Waals surface area contributed by atoms with Gasteiger partial charge in [-0.3, -0.25) is 0 Å². The molecule has 1 saturated carbocycles. The molecule has 1 heterocycles. The molecule has 4 rings (SSSR count). The van der Waals surface area contributed by atoms with Crippen LogP contribution in [0.25, 0.3) is 11.3 Å². The summed E-state index contributed by atoms with van der Waals surface area (Å²) in [6.45, 7) is 2.03. The van der Waals surface area contributed by atoms with Gasteiger partial charge < -0.3 is 9.47 Å². The molecule has 0 N–H and O–H groups in total. The number of rotatable bonds is 8. The van der Waals surface area contributed by atoms with Crippen LogP contribution < -0.4 is 4.74 Å². The maximum absolute atomic E-state index is 11.4. The number of aliphatic imine (C=N–C) groups is 1. The molecule has 32 heavy (non-hydrogen) atoms. The number of esters is 1. The third-order valence-electron chi connectivity index (χ3n) is 5.64. The van der Waals surface area contributed by atoms with Gasteiger partial charge in [-0.05, 0) is 61.1 Å². The van der Waals surface area contributed by atoms with Crippen molar-refractivity contribution in [3.05, 3.63) is 65.0 Å². The second-order valence-corrected chi connectivity index (χ2v) is 8.73. The second kappa shape index (κ2) is 11.0. The van der Waals surface area contributed by atoms with E-state index in [9.17, 15) is 4.79 Å². The van der Waals surface area contributed by atoms with Crippen molar-refractivity contribution in [3.8, 4) is 17.0 Å². The molecule has 1 aliphatic rings. The van der Waals surface area contributed by atoms with Gasteiger partial charge in [0.1, 0.15) is 5.75 Å². The maximum Gasteiger partial charge on any atom is 0.344 e. The first-order chi connectivity index (χ1) is 15.7. The van der Waals surface area contributed by atoms with Crippen LogP contribution in [0.1, 0.15) is 56.1 Å². The summed E-state index contributed by atoms with van der Waals surface area (Å²) >= 11 is 1.53. The van der Waals surface area contributed by atoms with Crippen molar-refractivity contribution in [1.29, 1.82) is 0 Å². The van der Waals surface area contributed by atoms with Gasteiger partial charge in [-0.1, -0.05) is 43.5 Å². The molecule has 2 aromatic carbocycles. The number of carbonyl (C=O) groups is 1. The van der Waals surface area contributed by atoms with Crippen molar-refractivity contribution in [1.82, 2.24) is 4.98 Å². The third-order valence-corrected chi connectivity index (χ3v) is 6.39. The normalized spacial score (nSPS) is 14.5. The van der Waals surface area contributed by atoms with Gasteiger partial charge in [0.05, 0.1) is 12.3 Å². The Morgan fingerprint density at radius 1 is 1.09 bits per heavy atom. The Balaban J connectivity index is 1.34. The number of thiazole rings is 1. The summed E-state index contributed by atoms with van der Waals surface area (Å²) in [5.74, 6) is 0.958. The lowest BCUT2D eigenvalue weighted by Gasteiger charge is -2.22. The molecule has 166 valence electrons. The summed E-state index contributed by atoms with van der Waals surface area (Å²) in [4.78, 5) is 20.5. The molecule has 6 heteroatoms. The third kappa shape index (κ3) is 6.04. The van der Waals surface area contributed by atoms with Crippen LogP contribution in [0.5, 0.6) is 5.75 Å². The van der Waals surface area contributed by atoms with Crippen LogP contribution in [0.15, 0.2) is 58.9 Å². The van der Waals surface area contributed by atoms with E-state index in [0.29, 0.717) is 12.4 Å². The zero-order chi connectivity index (χ0) is 22.2. The van der Waals surface area contributed by atoms with Gasteiger partial charge in [0.15, 0.2) is 6.61 Å². The van der Waals surface area contributed by atoms with E-state index in [1.54, 1.807) is 13.1 Å². The lowest BCUT2D eigenvalue weighted by atomic mass is 9.84. The monoisotopic (exact) mass is 448 g/mol. The van der Waals surface area contributed by atoms with Crippen molar-refractivity contribution < 1.29 is 14.3 Å². The number of ether oxygens (including phenoxy) is 2. The minimum Gasteiger partial charge on any atom is -0.482 e. The first kappa shape index (κ1) is 22.2. The minimum absolute atomic E-state index is 0.0925. The fourth-order valence-electron chi connectivity index (χ4n) is 3.94. The molecule has 5 nitrogen and oxygen atoms in total. The lowest BCUT2D eigenvalue weighted by molar-refractivity contribution is -0.145. The molecule has 0 atom stereocenters. The minimum atomic E-state index is -0.374. The van der Waals surface area contributed by atoms with Crippen molar-refractivity contribution in [2.24, 2.45) is 4.99 Å². The predicted octanol–water partition coefficient (Wildman–Crippen LogP) is 6.55. The second-order valence-electron chi connectivity index (χ2n) is 7.89. The number of aromatic nitrogens is 1. The van der Waals surface area contributed by atoms with Gasteiger partial charge in [-0.15, -0.1) is 11.3 Å². The molecular weight excluding hydrogens is 420 g/mol. The predicted molar refractivity (Wildman–Crippen MR) is 129 cm³/mol. The number of carbonyl (C=O) groups excluding carboxylic acids is 1. The zero-order valence-corrected chi connectivity index (χ0v) is 19.1. The van der Waals surface area contributed by atoms with Gasteiger partial charge in [0.25, 0.3) is 0 Å². The number of hydrogen-bond donors (Lipinski definition) is 0. The van der Waals surface area contributed by atoms with Crippen molar-refractivity contribution in [2.45, 2.75) is 44.9 Å². The Bertz CT molecular complexity index is 1040. The van der Waals surface area contributed by atoms with E-state index < -0.39 is 0 Å². The van der Waals surface area contributed by atoms with E-state index >= 15 is 0 Å². The number of hydrogen-bond acceptors (Lipinski definition) is 6. The van der Waals surface area contributed by atoms with Gasteiger partial charge in [-0.25, -0.2) is 14.8 Å². The van der Waals surface area contributed by atoms with Crippen LogP contribution in [0.2, 0.25) is 0 Å². The first-order valence-corrected chi connectivity index (χ1v) is 12.1. The molecule has 0 unspecified atom stereocenters. The van der Waals surface area contributed by atoms with E-state index in [1.807, 2.05) is 24.3 Å². The lowest BCUT2D eigenvalue weighted by Crippen LogP contribution is -2.14. The van der Waals surface area contributed by atoms with Crippen LogP contribution in [0.3, 0.4) is 0 Å². The Morgan fingerprint density at radius 3 is 2.56 bits per heavy atom. The Hall–Kier alpha value is -2.99. The standard InChI is InChI=1S/C26H28N2O3S/c1-2-30-25(29)17-31-23-14-8-19(9-15-23)16-27-26-28-24(18-32-26)22-12-10-21(11-13-22)20-6-4-3-5-7-20/h8-16,18,20H,2-7,17H2,1H3. The SMILES string of the molecule is CCOC(=O)COc1ccc(C=Nc2nc(-c3ccc(C4CCCCC4)cc3)cs2)cc1. The molecule has 1 aromatic heterocycles. The van der Waals surface area contributed by atoms with E-state index in [1.165, 1.54) is 49.0 Å². The zero-order valence-electron chi connectivity index (χ0n) is 18.3. The highest BCUT2D eigenvalue weighted by molar-refractivity contribution is 7.13. The highest BCUT2D eigenvalue weighted by Crippen LogP contribution is 2.34. The van der Waals surface area contributed by atoms with E-state index in [0.717, 1.165) is 27.9 Å². The molecule has 0 amide bonds. The molecule has 1 fully saturated rings. The topological polar surface area (TPSA) is 60.8 Å². The Morgan fingerprint density at radius 2 is 1.84 bits per heavy atom. The highest BCUT2D eigenvalue weighted by Gasteiger charge is 2.15. The number of nitrogens with zero attached hydrogens (tertiary/aromatic N) is 2. The van der Waals surface area contributed by atoms with Crippen molar-refractivity contribution in [3.63, 3.8) is 0 Å². The van der Waals surface area contributed by atoms with E-state index in [2.05, 4.69) is 39.6 Å². The maximum atomic E-state index is 11.4. The molecule has 0 saturated heterocycles. The Kier molecular flexibility index (Phi) is 7.67. The number of benzene rings is 2. The average molecular weight is 449 g/mol. The van der Waals surface area contributed by atoms with Crippen LogP contribution in [-0.4, -0.2) is 30.4 Å². The Labute approximate surface area is 193 Å². The summed E-state index contributed by atoms with van der Waals surface area (Å²) in [5.41, 5.74) is 4.48.